The normalized spacial score (nSPS) is 11.3. The maximum absolute atomic E-state index is 13.9. The minimum absolute atomic E-state index is 0.123. The minimum atomic E-state index is -0.406. The van der Waals surface area contributed by atoms with Crippen LogP contribution in [0.4, 0.5) is 4.39 Å². The van der Waals surface area contributed by atoms with Gasteiger partial charge in [-0.15, -0.1) is 11.6 Å². The van der Waals surface area contributed by atoms with Gasteiger partial charge in [0.25, 0.3) is 0 Å². The van der Waals surface area contributed by atoms with E-state index in [4.69, 9.17) is 34.8 Å². The molecule has 0 bridgehead atoms. The minimum Gasteiger partial charge on any atom is -0.294 e. The Morgan fingerprint density at radius 1 is 1.14 bits per heavy atom. The number of halogens is 5. The molecule has 2 nitrogen and oxygen atoms in total. The Morgan fingerprint density at radius 3 is 2.62 bits per heavy atom. The first-order valence-corrected chi connectivity index (χ1v) is 7.98. The van der Waals surface area contributed by atoms with Crippen LogP contribution < -0.4 is 0 Å². The lowest BCUT2D eigenvalue weighted by Crippen LogP contribution is -2.00. The van der Waals surface area contributed by atoms with E-state index in [1.54, 1.807) is 28.8 Å². The molecule has 7 heteroatoms. The molecule has 1 aromatic heterocycles. The number of aromatic nitrogens is 2. The predicted molar refractivity (Wildman–Crippen MR) is 88.3 cm³/mol. The maximum Gasteiger partial charge on any atom is 0.151 e. The summed E-state index contributed by atoms with van der Waals surface area (Å²) in [6, 6.07) is 8.27. The van der Waals surface area contributed by atoms with Crippen LogP contribution in [0, 0.1) is 5.82 Å². The van der Waals surface area contributed by atoms with Crippen LogP contribution in [0.3, 0.4) is 0 Å². The molecular weight excluding hydrogens is 401 g/mol. The molecule has 0 spiro atoms. The molecule has 3 aromatic rings. The van der Waals surface area contributed by atoms with E-state index in [9.17, 15) is 4.39 Å². The highest BCUT2D eigenvalue weighted by atomic mass is 79.9. The van der Waals surface area contributed by atoms with E-state index in [1.165, 1.54) is 6.07 Å². The van der Waals surface area contributed by atoms with Crippen molar-refractivity contribution in [3.8, 4) is 5.69 Å². The summed E-state index contributed by atoms with van der Waals surface area (Å²) < 4.78 is 16.3. The Bertz CT molecular complexity index is 848. The van der Waals surface area contributed by atoms with E-state index in [0.717, 1.165) is 0 Å². The fraction of sp³-hybridized carbons (Fsp3) is 0.0714. The number of imidazole rings is 1. The highest BCUT2D eigenvalue weighted by Gasteiger charge is 2.18. The second-order valence-corrected chi connectivity index (χ2v) is 6.18. The predicted octanol–water partition coefficient (Wildman–Crippen LogP) is 5.97. The Balaban J connectivity index is 2.40. The van der Waals surface area contributed by atoms with Crippen LogP contribution in [0.25, 0.3) is 16.7 Å². The van der Waals surface area contributed by atoms with Crippen LogP contribution in [-0.2, 0) is 5.88 Å². The summed E-state index contributed by atoms with van der Waals surface area (Å²) in [5.74, 6) is 0.215. The highest BCUT2D eigenvalue weighted by Crippen LogP contribution is 2.37. The maximum atomic E-state index is 13.9. The summed E-state index contributed by atoms with van der Waals surface area (Å²) in [5.41, 5.74) is 1.45. The van der Waals surface area contributed by atoms with Crippen LogP contribution in [0.15, 0.2) is 34.8 Å². The van der Waals surface area contributed by atoms with Crippen molar-refractivity contribution in [2.75, 3.05) is 0 Å². The number of benzene rings is 2. The van der Waals surface area contributed by atoms with Gasteiger partial charge >= 0.3 is 0 Å². The molecule has 0 aliphatic carbocycles. The lowest BCUT2D eigenvalue weighted by atomic mass is 10.2. The molecule has 3 rings (SSSR count). The molecule has 0 saturated carbocycles. The standard InChI is InChI=1S/C14H7BrCl3FN2/c15-7-4-5-9(13(18)12(7)17)21-10-3-1-2-8(19)14(10)20-11(21)6-16/h1-5H,6H2. The summed E-state index contributed by atoms with van der Waals surface area (Å²) in [6.45, 7) is 0. The van der Waals surface area contributed by atoms with E-state index in [-0.39, 0.29) is 11.4 Å². The highest BCUT2D eigenvalue weighted by molar-refractivity contribution is 9.10. The second-order valence-electron chi connectivity index (χ2n) is 4.30. The quantitative estimate of drug-likeness (QED) is 0.377. The van der Waals surface area contributed by atoms with Crippen LogP contribution in [0.2, 0.25) is 10.0 Å². The number of rotatable bonds is 2. The molecule has 1 heterocycles. The number of fused-ring (bicyclic) bond motifs is 1. The molecule has 0 radical (unpaired) electrons. The molecule has 2 aromatic carbocycles. The van der Waals surface area contributed by atoms with E-state index >= 15 is 0 Å². The van der Waals surface area contributed by atoms with Crippen molar-refractivity contribution in [3.63, 3.8) is 0 Å². The molecule has 0 atom stereocenters. The number of alkyl halides is 1. The Morgan fingerprint density at radius 2 is 1.90 bits per heavy atom. The van der Waals surface area contributed by atoms with Gasteiger partial charge in [-0.3, -0.25) is 4.57 Å². The molecule has 0 aliphatic rings. The first kappa shape index (κ1) is 15.1. The Hall–Kier alpha value is -0.810. The molecule has 21 heavy (non-hydrogen) atoms. The average Bonchev–Trinajstić information content (AvgIpc) is 2.85. The molecule has 0 saturated heterocycles. The number of hydrogen-bond acceptors (Lipinski definition) is 1. The number of nitrogens with zero attached hydrogens (tertiary/aromatic N) is 2. The monoisotopic (exact) mass is 406 g/mol. The van der Waals surface area contributed by atoms with Crippen LogP contribution in [0.1, 0.15) is 5.82 Å². The van der Waals surface area contributed by atoms with Gasteiger partial charge in [0.2, 0.25) is 0 Å². The zero-order valence-electron chi connectivity index (χ0n) is 10.4. The van der Waals surface area contributed by atoms with E-state index in [2.05, 4.69) is 20.9 Å². The molecule has 0 aliphatic heterocycles. The summed E-state index contributed by atoms with van der Waals surface area (Å²) in [5, 5.41) is 0.730. The van der Waals surface area contributed by atoms with E-state index in [1.807, 2.05) is 0 Å². The van der Waals surface area contributed by atoms with Gasteiger partial charge < -0.3 is 0 Å². The number of hydrogen-bond donors (Lipinski definition) is 0. The van der Waals surface area contributed by atoms with Crippen molar-refractivity contribution >= 4 is 61.8 Å². The average molecular weight is 408 g/mol. The Labute approximate surface area is 143 Å². The fourth-order valence-corrected chi connectivity index (χ4v) is 3.19. The van der Waals surface area contributed by atoms with Gasteiger partial charge in [-0.1, -0.05) is 29.3 Å². The SMILES string of the molecule is Fc1cccc2c1nc(CCl)n2-c1ccc(Br)c(Cl)c1Cl. The first-order valence-electron chi connectivity index (χ1n) is 5.90. The summed E-state index contributed by atoms with van der Waals surface area (Å²) in [7, 11) is 0. The Kier molecular flexibility index (Phi) is 4.14. The topological polar surface area (TPSA) is 17.8 Å². The first-order chi connectivity index (χ1) is 10.0. The lowest BCUT2D eigenvalue weighted by Gasteiger charge is -2.11. The van der Waals surface area contributed by atoms with E-state index < -0.39 is 5.82 Å². The van der Waals surface area contributed by atoms with Crippen molar-refractivity contribution in [1.82, 2.24) is 9.55 Å². The molecule has 0 N–H and O–H groups in total. The largest absolute Gasteiger partial charge is 0.294 e. The zero-order chi connectivity index (χ0) is 15.1. The lowest BCUT2D eigenvalue weighted by molar-refractivity contribution is 0.637. The third-order valence-electron chi connectivity index (χ3n) is 3.08. The van der Waals surface area contributed by atoms with Gasteiger partial charge in [-0.05, 0) is 40.2 Å². The van der Waals surface area contributed by atoms with Gasteiger partial charge in [-0.2, -0.15) is 0 Å². The van der Waals surface area contributed by atoms with Gasteiger partial charge in [0, 0.05) is 4.47 Å². The van der Waals surface area contributed by atoms with Crippen molar-refractivity contribution < 1.29 is 4.39 Å². The zero-order valence-corrected chi connectivity index (χ0v) is 14.2. The van der Waals surface area contributed by atoms with Gasteiger partial charge in [0.05, 0.1) is 27.1 Å². The van der Waals surface area contributed by atoms with Crippen molar-refractivity contribution in [2.24, 2.45) is 0 Å². The smallest absolute Gasteiger partial charge is 0.151 e. The van der Waals surface area contributed by atoms with Crippen molar-refractivity contribution in [3.05, 3.63) is 56.5 Å². The fourth-order valence-electron chi connectivity index (χ4n) is 2.16. The van der Waals surface area contributed by atoms with Crippen LogP contribution >= 0.6 is 50.7 Å². The third-order valence-corrected chi connectivity index (χ3v) is 5.08. The molecule has 0 amide bonds. The number of para-hydroxylation sites is 1. The van der Waals surface area contributed by atoms with Gasteiger partial charge in [0.15, 0.2) is 5.82 Å². The molecule has 0 unspecified atom stereocenters. The van der Waals surface area contributed by atoms with Crippen LogP contribution in [0.5, 0.6) is 0 Å². The summed E-state index contributed by atoms with van der Waals surface area (Å²) >= 11 is 21.7. The van der Waals surface area contributed by atoms with Crippen molar-refractivity contribution in [1.29, 1.82) is 0 Å². The molecule has 0 fully saturated rings. The van der Waals surface area contributed by atoms with Crippen molar-refractivity contribution in [2.45, 2.75) is 5.88 Å². The molecular formula is C14H7BrCl3FN2. The summed E-state index contributed by atoms with van der Waals surface area (Å²) in [6.07, 6.45) is 0. The second kappa shape index (κ2) is 5.76. The molecule has 108 valence electrons. The summed E-state index contributed by atoms with van der Waals surface area (Å²) in [4.78, 5) is 4.24. The van der Waals surface area contributed by atoms with E-state index in [0.29, 0.717) is 31.5 Å². The third kappa shape index (κ3) is 2.44. The van der Waals surface area contributed by atoms with Crippen LogP contribution in [-0.4, -0.2) is 9.55 Å². The van der Waals surface area contributed by atoms with Gasteiger partial charge in [-0.25, -0.2) is 9.37 Å². The van der Waals surface area contributed by atoms with Gasteiger partial charge in [0.1, 0.15) is 11.3 Å².